The van der Waals surface area contributed by atoms with Crippen LogP contribution in [-0.2, 0) is 9.53 Å². The molecule has 4 unspecified atom stereocenters. The average molecular weight is 564 g/mol. The lowest BCUT2D eigenvalue weighted by Crippen LogP contribution is -2.51. The van der Waals surface area contributed by atoms with Crippen molar-refractivity contribution in [2.24, 2.45) is 5.92 Å². The molecule has 6 rings (SSSR count). The minimum absolute atomic E-state index is 0.0320. The van der Waals surface area contributed by atoms with Crippen LogP contribution in [0, 0.1) is 11.7 Å². The highest BCUT2D eigenvalue weighted by atomic mass is 35.5. The Morgan fingerprint density at radius 1 is 1.13 bits per heavy atom. The molecule has 204 valence electrons. The van der Waals surface area contributed by atoms with Crippen molar-refractivity contribution in [3.63, 3.8) is 0 Å². The van der Waals surface area contributed by atoms with Crippen molar-refractivity contribution in [1.29, 1.82) is 0 Å². The summed E-state index contributed by atoms with van der Waals surface area (Å²) in [7, 11) is 0. The molecule has 1 saturated carbocycles. The topological polar surface area (TPSA) is 91.4 Å². The number of pyridine rings is 2. The summed E-state index contributed by atoms with van der Waals surface area (Å²) < 4.78 is 21.8. The van der Waals surface area contributed by atoms with E-state index in [-0.39, 0.29) is 47.5 Å². The molecule has 38 heavy (non-hydrogen) atoms. The van der Waals surface area contributed by atoms with E-state index in [9.17, 15) is 4.79 Å². The first-order valence-electron chi connectivity index (χ1n) is 13.5. The normalized spacial score (nSPS) is 29.4. The smallest absolute Gasteiger partial charge is 0.220 e. The molecular formula is C27H33Cl2FN6O2. The van der Waals surface area contributed by atoms with E-state index in [1.165, 1.54) is 0 Å². The maximum atomic E-state index is 15.4. The molecule has 5 heterocycles. The lowest BCUT2D eigenvalue weighted by atomic mass is 9.78. The number of nitrogens with one attached hydrogen (secondary N) is 3. The van der Waals surface area contributed by atoms with E-state index in [1.807, 2.05) is 11.8 Å². The van der Waals surface area contributed by atoms with E-state index < -0.39 is 0 Å². The molecule has 2 aromatic heterocycles. The van der Waals surface area contributed by atoms with Gasteiger partial charge in [0.25, 0.3) is 0 Å². The quantitative estimate of drug-likeness (QED) is 0.489. The molecule has 5 atom stereocenters. The Morgan fingerprint density at radius 3 is 2.58 bits per heavy atom. The molecule has 2 aromatic rings. The fraction of sp³-hybridized carbons (Fsp3) is 0.593. The number of halogens is 3. The zero-order valence-corrected chi connectivity index (χ0v) is 22.9. The van der Waals surface area contributed by atoms with Crippen LogP contribution in [0.4, 0.5) is 10.2 Å². The van der Waals surface area contributed by atoms with Crippen LogP contribution in [0.3, 0.4) is 0 Å². The first kappa shape index (κ1) is 26.2. The largest absolute Gasteiger partial charge is 0.370 e. The zero-order valence-electron chi connectivity index (χ0n) is 21.4. The third-order valence-electron chi connectivity index (χ3n) is 8.85. The van der Waals surface area contributed by atoms with Crippen LogP contribution in [0.5, 0.6) is 0 Å². The molecule has 3 saturated heterocycles. The Morgan fingerprint density at radius 2 is 1.89 bits per heavy atom. The third-order valence-corrected chi connectivity index (χ3v) is 9.46. The minimum atomic E-state index is -0.307. The van der Waals surface area contributed by atoms with Gasteiger partial charge < -0.3 is 15.0 Å². The van der Waals surface area contributed by atoms with Crippen molar-refractivity contribution in [3.8, 4) is 0 Å². The van der Waals surface area contributed by atoms with Gasteiger partial charge in [-0.15, -0.1) is 0 Å². The summed E-state index contributed by atoms with van der Waals surface area (Å²) in [5, 5.41) is 4.14. The first-order chi connectivity index (χ1) is 18.3. The summed E-state index contributed by atoms with van der Waals surface area (Å²) in [6, 6.07) is 1.84. The molecule has 1 aliphatic carbocycles. The molecule has 1 spiro atoms. The number of hydrazine groups is 1. The maximum absolute atomic E-state index is 15.4. The number of ether oxygens (including phenoxy) is 1. The van der Waals surface area contributed by atoms with Crippen molar-refractivity contribution >= 4 is 34.9 Å². The van der Waals surface area contributed by atoms with Crippen molar-refractivity contribution in [3.05, 3.63) is 51.6 Å². The van der Waals surface area contributed by atoms with Crippen LogP contribution >= 0.6 is 23.2 Å². The van der Waals surface area contributed by atoms with Gasteiger partial charge in [0.05, 0.1) is 28.3 Å². The minimum Gasteiger partial charge on any atom is -0.370 e. The lowest BCUT2D eigenvalue weighted by Gasteiger charge is -2.39. The highest BCUT2D eigenvalue weighted by Crippen LogP contribution is 2.42. The van der Waals surface area contributed by atoms with Gasteiger partial charge in [-0.05, 0) is 63.0 Å². The molecule has 8 nitrogen and oxygen atoms in total. The number of rotatable bonds is 5. The molecule has 0 bridgehead atoms. The van der Waals surface area contributed by atoms with Gasteiger partial charge >= 0.3 is 0 Å². The van der Waals surface area contributed by atoms with Crippen LogP contribution in [0.2, 0.25) is 10.0 Å². The predicted octanol–water partition coefficient (Wildman–Crippen LogP) is 4.64. The summed E-state index contributed by atoms with van der Waals surface area (Å²) in [6.07, 6.45) is 10.5. The van der Waals surface area contributed by atoms with Crippen LogP contribution in [0.1, 0.15) is 75.1 Å². The fourth-order valence-corrected chi connectivity index (χ4v) is 7.45. The Hall–Kier alpha value is -2.04. The van der Waals surface area contributed by atoms with E-state index in [1.54, 1.807) is 24.7 Å². The van der Waals surface area contributed by atoms with E-state index in [0.717, 1.165) is 49.7 Å². The van der Waals surface area contributed by atoms with Crippen LogP contribution < -0.4 is 21.1 Å². The number of hydrogen-bond acceptors (Lipinski definition) is 7. The number of nitrogens with zero attached hydrogens (tertiary/aromatic N) is 3. The SMILES string of the molecule is C[C@@H](OC1CCC2NNC(c3cnc(N4CCC5(CCC(=O)N5)CC4)c(F)c3)C2C1)c1c(Cl)cncc1Cl. The summed E-state index contributed by atoms with van der Waals surface area (Å²) in [5.74, 6) is 0.439. The number of carbonyl (C=O) groups excluding carboxylic acids is 1. The number of fused-ring (bicyclic) bond motifs is 1. The van der Waals surface area contributed by atoms with E-state index in [2.05, 4.69) is 26.1 Å². The van der Waals surface area contributed by atoms with Gasteiger partial charge in [-0.2, -0.15) is 0 Å². The van der Waals surface area contributed by atoms with Gasteiger partial charge in [0.2, 0.25) is 5.91 Å². The first-order valence-corrected chi connectivity index (χ1v) is 14.2. The zero-order chi connectivity index (χ0) is 26.4. The van der Waals surface area contributed by atoms with Crippen molar-refractivity contribution in [2.75, 3.05) is 18.0 Å². The Kier molecular flexibility index (Phi) is 7.24. The fourth-order valence-electron chi connectivity index (χ4n) is 6.78. The second-order valence-electron chi connectivity index (χ2n) is 11.2. The Bertz CT molecular complexity index is 1190. The van der Waals surface area contributed by atoms with Gasteiger partial charge in [0.15, 0.2) is 11.6 Å². The number of carbonyl (C=O) groups is 1. The summed E-state index contributed by atoms with van der Waals surface area (Å²) in [6.45, 7) is 3.32. The molecular weight excluding hydrogens is 530 g/mol. The number of aromatic nitrogens is 2. The second kappa shape index (κ2) is 10.5. The van der Waals surface area contributed by atoms with Crippen LogP contribution in [0.25, 0.3) is 0 Å². The van der Waals surface area contributed by atoms with Crippen molar-refractivity contribution < 1.29 is 13.9 Å². The number of anilines is 1. The van der Waals surface area contributed by atoms with Crippen molar-refractivity contribution in [1.82, 2.24) is 26.1 Å². The number of hydrogen-bond donors (Lipinski definition) is 3. The van der Waals surface area contributed by atoms with E-state index >= 15 is 4.39 Å². The summed E-state index contributed by atoms with van der Waals surface area (Å²) >= 11 is 12.7. The van der Waals surface area contributed by atoms with Crippen LogP contribution in [0.15, 0.2) is 24.7 Å². The standard InChI is InChI=1S/C27H33Cl2FN6O2/c1-15(24-19(28)13-31-14-20(24)29)38-17-2-3-22-18(11-17)25(35-34-22)16-10-21(30)26(32-12-16)36-8-6-27(7-9-36)5-4-23(37)33-27/h10,12-15,17-18,22,25,34-35H,2-9,11H2,1H3,(H,33,37)/t15-,17?,18?,22?,25?/m1/s1. The van der Waals surface area contributed by atoms with Gasteiger partial charge in [0.1, 0.15) is 0 Å². The molecule has 3 N–H and O–H groups in total. The predicted molar refractivity (Wildman–Crippen MR) is 143 cm³/mol. The van der Waals surface area contributed by atoms with Crippen LogP contribution in [-0.4, -0.2) is 46.6 Å². The number of piperidine rings is 1. The van der Waals surface area contributed by atoms with E-state index in [4.69, 9.17) is 27.9 Å². The molecule has 11 heteroatoms. The average Bonchev–Trinajstić information content (AvgIpc) is 3.47. The molecule has 3 aliphatic heterocycles. The van der Waals surface area contributed by atoms with Crippen molar-refractivity contribution in [2.45, 2.75) is 81.7 Å². The molecule has 4 aliphatic rings. The van der Waals surface area contributed by atoms with Gasteiger partial charge in [-0.1, -0.05) is 23.2 Å². The lowest BCUT2D eigenvalue weighted by molar-refractivity contribution is -0.119. The maximum Gasteiger partial charge on any atom is 0.220 e. The summed E-state index contributed by atoms with van der Waals surface area (Å²) in [4.78, 5) is 22.3. The monoisotopic (exact) mass is 562 g/mol. The molecule has 4 fully saturated rings. The summed E-state index contributed by atoms with van der Waals surface area (Å²) in [5.41, 5.74) is 8.26. The Balaban J connectivity index is 1.11. The highest BCUT2D eigenvalue weighted by Gasteiger charge is 2.43. The van der Waals surface area contributed by atoms with Gasteiger partial charge in [-0.3, -0.25) is 15.2 Å². The third kappa shape index (κ3) is 4.99. The second-order valence-corrected chi connectivity index (χ2v) is 12.0. The molecule has 0 radical (unpaired) electrons. The van der Waals surface area contributed by atoms with E-state index in [0.29, 0.717) is 35.4 Å². The molecule has 0 aromatic carbocycles. The number of amides is 1. The van der Waals surface area contributed by atoms with Gasteiger partial charge in [0, 0.05) is 55.2 Å². The van der Waals surface area contributed by atoms with Gasteiger partial charge in [-0.25, -0.2) is 14.8 Å². The highest BCUT2D eigenvalue weighted by molar-refractivity contribution is 6.35. The molecule has 1 amide bonds. The Labute approximate surface area is 232 Å².